The van der Waals surface area contributed by atoms with Crippen LogP contribution in [0.15, 0.2) is 6.20 Å². The third-order valence-corrected chi connectivity index (χ3v) is 3.59. The summed E-state index contributed by atoms with van der Waals surface area (Å²) >= 11 is 6.06. The van der Waals surface area contributed by atoms with Crippen LogP contribution in [-0.4, -0.2) is 23.1 Å². The van der Waals surface area contributed by atoms with Gasteiger partial charge in [0.25, 0.3) is 0 Å². The normalized spacial score (nSPS) is 21.1. The van der Waals surface area contributed by atoms with Gasteiger partial charge in [-0.2, -0.15) is 4.98 Å². The molecule has 4 nitrogen and oxygen atoms in total. The van der Waals surface area contributed by atoms with Crippen LogP contribution in [0.1, 0.15) is 27.2 Å². The van der Waals surface area contributed by atoms with Crippen molar-refractivity contribution in [3.8, 4) is 0 Å². The molecule has 1 aromatic heterocycles. The second-order valence-corrected chi connectivity index (χ2v) is 5.60. The molecule has 1 fully saturated rings. The Kier molecular flexibility index (Phi) is 3.43. The first-order valence-electron chi connectivity index (χ1n) is 6.03. The molecule has 1 aromatic rings. The van der Waals surface area contributed by atoms with E-state index in [4.69, 9.17) is 11.6 Å². The van der Waals surface area contributed by atoms with E-state index < -0.39 is 0 Å². The van der Waals surface area contributed by atoms with Gasteiger partial charge in [-0.05, 0) is 24.7 Å². The molecule has 0 bridgehead atoms. The molecule has 1 heterocycles. The Balaban J connectivity index is 1.97. The number of anilines is 2. The molecule has 0 aromatic carbocycles. The molecule has 0 spiro atoms. The van der Waals surface area contributed by atoms with Gasteiger partial charge in [-0.1, -0.05) is 25.4 Å². The average molecular weight is 255 g/mol. The summed E-state index contributed by atoms with van der Waals surface area (Å²) in [5.41, 5.74) is 0.469. The lowest BCUT2D eigenvalue weighted by molar-refractivity contribution is 0.573. The molecule has 94 valence electrons. The maximum atomic E-state index is 6.06. The van der Waals surface area contributed by atoms with E-state index in [0.717, 1.165) is 24.8 Å². The lowest BCUT2D eigenvalue weighted by Crippen LogP contribution is -2.11. The SMILES string of the molecule is CCNc1ncc(Cl)c(NCC2CC2(C)C)n1. The zero-order chi connectivity index (χ0) is 12.5. The van der Waals surface area contributed by atoms with Crippen molar-refractivity contribution in [2.45, 2.75) is 27.2 Å². The quantitative estimate of drug-likeness (QED) is 0.848. The van der Waals surface area contributed by atoms with Crippen LogP contribution >= 0.6 is 11.6 Å². The summed E-state index contributed by atoms with van der Waals surface area (Å²) in [6.45, 7) is 8.31. The van der Waals surface area contributed by atoms with Crippen molar-refractivity contribution in [2.75, 3.05) is 23.7 Å². The summed E-state index contributed by atoms with van der Waals surface area (Å²) in [6, 6.07) is 0. The number of nitrogens with zero attached hydrogens (tertiary/aromatic N) is 2. The molecule has 1 aliphatic carbocycles. The molecule has 1 atom stereocenters. The Morgan fingerprint density at radius 3 is 2.76 bits per heavy atom. The third-order valence-electron chi connectivity index (χ3n) is 3.31. The van der Waals surface area contributed by atoms with Crippen LogP contribution < -0.4 is 10.6 Å². The summed E-state index contributed by atoms with van der Waals surface area (Å²) in [4.78, 5) is 8.45. The van der Waals surface area contributed by atoms with Gasteiger partial charge in [0.05, 0.1) is 6.20 Å². The van der Waals surface area contributed by atoms with Crippen molar-refractivity contribution in [3.05, 3.63) is 11.2 Å². The van der Waals surface area contributed by atoms with E-state index in [0.29, 0.717) is 16.4 Å². The van der Waals surface area contributed by atoms with Gasteiger partial charge in [0, 0.05) is 13.1 Å². The molecule has 0 radical (unpaired) electrons. The van der Waals surface area contributed by atoms with Gasteiger partial charge in [0.1, 0.15) is 10.8 Å². The molecule has 2 N–H and O–H groups in total. The molecule has 5 heteroatoms. The molecule has 1 saturated carbocycles. The minimum absolute atomic E-state index is 0.469. The van der Waals surface area contributed by atoms with Gasteiger partial charge in [0.15, 0.2) is 0 Å². The van der Waals surface area contributed by atoms with Gasteiger partial charge >= 0.3 is 0 Å². The van der Waals surface area contributed by atoms with E-state index in [2.05, 4.69) is 34.4 Å². The van der Waals surface area contributed by atoms with Crippen LogP contribution in [0.3, 0.4) is 0 Å². The van der Waals surface area contributed by atoms with Crippen molar-refractivity contribution in [2.24, 2.45) is 11.3 Å². The molecule has 1 aliphatic rings. The Labute approximate surface area is 107 Å². The van der Waals surface area contributed by atoms with Crippen LogP contribution in [0.4, 0.5) is 11.8 Å². The zero-order valence-corrected chi connectivity index (χ0v) is 11.3. The maximum Gasteiger partial charge on any atom is 0.224 e. The summed E-state index contributed by atoms with van der Waals surface area (Å²) in [5, 5.41) is 6.95. The largest absolute Gasteiger partial charge is 0.368 e. The van der Waals surface area contributed by atoms with Crippen LogP contribution in [0.5, 0.6) is 0 Å². The smallest absolute Gasteiger partial charge is 0.224 e. The van der Waals surface area contributed by atoms with E-state index >= 15 is 0 Å². The first-order chi connectivity index (χ1) is 8.03. The van der Waals surface area contributed by atoms with Crippen LogP contribution in [-0.2, 0) is 0 Å². The summed E-state index contributed by atoms with van der Waals surface area (Å²) in [6.07, 6.45) is 2.90. The lowest BCUT2D eigenvalue weighted by Gasteiger charge is -2.10. The van der Waals surface area contributed by atoms with E-state index in [-0.39, 0.29) is 0 Å². The fraction of sp³-hybridized carbons (Fsp3) is 0.667. The highest BCUT2D eigenvalue weighted by atomic mass is 35.5. The Bertz CT molecular complexity index is 405. The van der Waals surface area contributed by atoms with Crippen molar-refractivity contribution in [3.63, 3.8) is 0 Å². The fourth-order valence-corrected chi connectivity index (χ4v) is 2.04. The number of halogens is 1. The standard InChI is InChI=1S/C12H19ClN4/c1-4-14-11-16-7-9(13)10(17-11)15-6-8-5-12(8,2)3/h7-8H,4-6H2,1-3H3,(H2,14,15,16,17). The predicted octanol–water partition coefficient (Wildman–Crippen LogP) is 3.02. The first-order valence-corrected chi connectivity index (χ1v) is 6.41. The number of hydrogen-bond acceptors (Lipinski definition) is 4. The molecular formula is C12H19ClN4. The minimum Gasteiger partial charge on any atom is -0.368 e. The number of aromatic nitrogens is 2. The van der Waals surface area contributed by atoms with Crippen molar-refractivity contribution >= 4 is 23.4 Å². The summed E-state index contributed by atoms with van der Waals surface area (Å²) < 4.78 is 0. The Hall–Kier alpha value is -1.03. The molecule has 17 heavy (non-hydrogen) atoms. The highest BCUT2D eigenvalue weighted by Crippen LogP contribution is 2.51. The van der Waals surface area contributed by atoms with E-state index in [1.807, 2.05) is 6.92 Å². The van der Waals surface area contributed by atoms with Gasteiger partial charge < -0.3 is 10.6 Å². The molecule has 0 saturated heterocycles. The van der Waals surface area contributed by atoms with E-state index in [9.17, 15) is 0 Å². The van der Waals surface area contributed by atoms with Gasteiger partial charge in [-0.25, -0.2) is 4.98 Å². The average Bonchev–Trinajstić information content (AvgIpc) is 2.88. The predicted molar refractivity (Wildman–Crippen MR) is 71.6 cm³/mol. The number of hydrogen-bond donors (Lipinski definition) is 2. The molecule has 1 unspecified atom stereocenters. The molecule has 2 rings (SSSR count). The topological polar surface area (TPSA) is 49.8 Å². The monoisotopic (exact) mass is 254 g/mol. The summed E-state index contributed by atoms with van der Waals surface area (Å²) in [5.74, 6) is 2.06. The maximum absolute atomic E-state index is 6.06. The highest BCUT2D eigenvalue weighted by molar-refractivity contribution is 6.32. The Morgan fingerprint density at radius 2 is 2.18 bits per heavy atom. The molecular weight excluding hydrogens is 236 g/mol. The van der Waals surface area contributed by atoms with Gasteiger partial charge in [-0.3, -0.25) is 0 Å². The molecule has 0 amide bonds. The van der Waals surface area contributed by atoms with Crippen LogP contribution in [0.2, 0.25) is 5.02 Å². The number of rotatable bonds is 5. The Morgan fingerprint density at radius 1 is 1.47 bits per heavy atom. The second kappa shape index (κ2) is 4.69. The van der Waals surface area contributed by atoms with Crippen molar-refractivity contribution in [1.29, 1.82) is 0 Å². The van der Waals surface area contributed by atoms with Crippen LogP contribution in [0.25, 0.3) is 0 Å². The van der Waals surface area contributed by atoms with E-state index in [1.165, 1.54) is 6.42 Å². The van der Waals surface area contributed by atoms with E-state index in [1.54, 1.807) is 6.20 Å². The molecule has 0 aliphatic heterocycles. The fourth-order valence-electron chi connectivity index (χ4n) is 1.88. The third kappa shape index (κ3) is 3.00. The summed E-state index contributed by atoms with van der Waals surface area (Å²) in [7, 11) is 0. The van der Waals surface area contributed by atoms with Gasteiger partial charge in [-0.15, -0.1) is 0 Å². The zero-order valence-electron chi connectivity index (χ0n) is 10.5. The second-order valence-electron chi connectivity index (χ2n) is 5.19. The highest BCUT2D eigenvalue weighted by Gasteiger charge is 2.45. The minimum atomic E-state index is 0.469. The van der Waals surface area contributed by atoms with Crippen LogP contribution in [0, 0.1) is 11.3 Å². The van der Waals surface area contributed by atoms with Crippen molar-refractivity contribution < 1.29 is 0 Å². The van der Waals surface area contributed by atoms with Gasteiger partial charge in [0.2, 0.25) is 5.95 Å². The number of nitrogens with one attached hydrogen (secondary N) is 2. The first kappa shape index (κ1) is 12.4. The lowest BCUT2D eigenvalue weighted by atomic mass is 10.1. The van der Waals surface area contributed by atoms with Crippen molar-refractivity contribution in [1.82, 2.24) is 9.97 Å².